The molecule has 0 spiro atoms. The van der Waals surface area contributed by atoms with Gasteiger partial charge in [-0.15, -0.1) is 0 Å². The number of cyclic esters (lactones) is 1. The van der Waals surface area contributed by atoms with Gasteiger partial charge in [0.2, 0.25) is 11.8 Å². The molecule has 1 fully saturated rings. The zero-order valence-electron chi connectivity index (χ0n) is 11.9. The van der Waals surface area contributed by atoms with Crippen LogP contribution >= 0.6 is 0 Å². The third-order valence-electron chi connectivity index (χ3n) is 3.25. The van der Waals surface area contributed by atoms with Gasteiger partial charge in [0.25, 0.3) is 0 Å². The molecular formula is C15H14N2O5. The summed E-state index contributed by atoms with van der Waals surface area (Å²) in [6, 6.07) is 9.28. The first-order valence-corrected chi connectivity index (χ1v) is 6.75. The fraction of sp³-hybridized carbons (Fsp3) is 0.267. The highest BCUT2D eigenvalue weighted by molar-refractivity contribution is 5.92. The molecule has 0 N–H and O–H groups in total. The molecule has 0 aliphatic carbocycles. The SMILES string of the molecule is COc1cn(-c2ccccc2)nc1C(=O)O[C@@H]1CCOC1=O. The summed E-state index contributed by atoms with van der Waals surface area (Å²) < 4.78 is 16.6. The van der Waals surface area contributed by atoms with Gasteiger partial charge in [0, 0.05) is 6.42 Å². The smallest absolute Gasteiger partial charge is 0.363 e. The summed E-state index contributed by atoms with van der Waals surface area (Å²) in [5.74, 6) is -0.967. The monoisotopic (exact) mass is 302 g/mol. The summed E-state index contributed by atoms with van der Waals surface area (Å²) in [6.07, 6.45) is 1.06. The van der Waals surface area contributed by atoms with Gasteiger partial charge in [0.05, 0.1) is 25.6 Å². The lowest BCUT2D eigenvalue weighted by Gasteiger charge is -2.07. The van der Waals surface area contributed by atoms with Crippen LogP contribution in [0, 0.1) is 0 Å². The number of carbonyl (C=O) groups is 2. The molecule has 1 aliphatic rings. The number of rotatable bonds is 4. The zero-order chi connectivity index (χ0) is 15.5. The first kappa shape index (κ1) is 14.1. The number of benzene rings is 1. The molecule has 114 valence electrons. The summed E-state index contributed by atoms with van der Waals surface area (Å²) in [4.78, 5) is 23.6. The zero-order valence-corrected chi connectivity index (χ0v) is 11.9. The van der Waals surface area contributed by atoms with Crippen LogP contribution in [0.4, 0.5) is 0 Å². The normalized spacial score (nSPS) is 17.1. The van der Waals surface area contributed by atoms with Crippen LogP contribution in [0.1, 0.15) is 16.9 Å². The number of nitrogens with zero attached hydrogens (tertiary/aromatic N) is 2. The molecule has 0 radical (unpaired) electrons. The number of para-hydroxylation sites is 1. The van der Waals surface area contributed by atoms with Crippen molar-refractivity contribution in [2.24, 2.45) is 0 Å². The largest absolute Gasteiger partial charge is 0.493 e. The highest BCUT2D eigenvalue weighted by Crippen LogP contribution is 2.22. The topological polar surface area (TPSA) is 79.7 Å². The number of ether oxygens (including phenoxy) is 3. The highest BCUT2D eigenvalue weighted by atomic mass is 16.6. The Bertz CT molecular complexity index is 695. The van der Waals surface area contributed by atoms with Crippen LogP contribution in [0.25, 0.3) is 5.69 Å². The molecule has 1 atom stereocenters. The number of hydrogen-bond acceptors (Lipinski definition) is 6. The van der Waals surface area contributed by atoms with Gasteiger partial charge in [0.1, 0.15) is 0 Å². The molecule has 0 amide bonds. The molecule has 7 heteroatoms. The van der Waals surface area contributed by atoms with E-state index in [4.69, 9.17) is 14.2 Å². The Morgan fingerprint density at radius 1 is 1.36 bits per heavy atom. The molecule has 1 saturated heterocycles. The molecule has 3 rings (SSSR count). The van der Waals surface area contributed by atoms with Crippen LogP contribution in [0.15, 0.2) is 36.5 Å². The highest BCUT2D eigenvalue weighted by Gasteiger charge is 2.32. The Morgan fingerprint density at radius 2 is 2.14 bits per heavy atom. The number of esters is 2. The van der Waals surface area contributed by atoms with Crippen molar-refractivity contribution in [1.82, 2.24) is 9.78 Å². The number of methoxy groups -OCH3 is 1. The van der Waals surface area contributed by atoms with Crippen molar-refractivity contribution in [3.63, 3.8) is 0 Å². The van der Waals surface area contributed by atoms with Gasteiger partial charge >= 0.3 is 11.9 Å². The molecule has 1 aliphatic heterocycles. The molecule has 1 aromatic heterocycles. The van der Waals surface area contributed by atoms with E-state index in [1.54, 1.807) is 6.20 Å². The van der Waals surface area contributed by atoms with Crippen molar-refractivity contribution in [3.8, 4) is 11.4 Å². The van der Waals surface area contributed by atoms with Crippen molar-refractivity contribution in [1.29, 1.82) is 0 Å². The van der Waals surface area contributed by atoms with E-state index in [0.29, 0.717) is 6.42 Å². The van der Waals surface area contributed by atoms with E-state index >= 15 is 0 Å². The van der Waals surface area contributed by atoms with E-state index in [9.17, 15) is 9.59 Å². The summed E-state index contributed by atoms with van der Waals surface area (Å²) in [5, 5.41) is 4.18. The fourth-order valence-electron chi connectivity index (χ4n) is 2.13. The van der Waals surface area contributed by atoms with Crippen molar-refractivity contribution < 1.29 is 23.8 Å². The van der Waals surface area contributed by atoms with Crippen molar-refractivity contribution >= 4 is 11.9 Å². The van der Waals surface area contributed by atoms with Crippen LogP contribution in [0.2, 0.25) is 0 Å². The van der Waals surface area contributed by atoms with E-state index < -0.39 is 18.0 Å². The lowest BCUT2D eigenvalue weighted by Crippen LogP contribution is -2.23. The van der Waals surface area contributed by atoms with Crippen LogP contribution in [0.3, 0.4) is 0 Å². The van der Waals surface area contributed by atoms with Gasteiger partial charge in [-0.3, -0.25) is 0 Å². The van der Waals surface area contributed by atoms with E-state index in [1.807, 2.05) is 30.3 Å². The van der Waals surface area contributed by atoms with Crippen LogP contribution in [-0.4, -0.2) is 41.5 Å². The molecule has 7 nitrogen and oxygen atoms in total. The average molecular weight is 302 g/mol. The number of carbonyl (C=O) groups excluding carboxylic acids is 2. The van der Waals surface area contributed by atoms with Gasteiger partial charge in [-0.2, -0.15) is 5.10 Å². The third-order valence-corrected chi connectivity index (χ3v) is 3.25. The predicted molar refractivity (Wildman–Crippen MR) is 74.9 cm³/mol. The maximum atomic E-state index is 12.2. The Balaban J connectivity index is 1.85. The van der Waals surface area contributed by atoms with Gasteiger partial charge in [-0.1, -0.05) is 18.2 Å². The average Bonchev–Trinajstić information content (AvgIpc) is 3.15. The van der Waals surface area contributed by atoms with E-state index in [1.165, 1.54) is 11.8 Å². The van der Waals surface area contributed by atoms with Crippen molar-refractivity contribution in [2.45, 2.75) is 12.5 Å². The van der Waals surface area contributed by atoms with Gasteiger partial charge in [-0.25, -0.2) is 14.3 Å². The molecule has 2 aromatic rings. The fourth-order valence-corrected chi connectivity index (χ4v) is 2.13. The Kier molecular flexibility index (Phi) is 3.78. The Hall–Kier alpha value is -2.83. The maximum absolute atomic E-state index is 12.2. The minimum Gasteiger partial charge on any atom is -0.493 e. The second-order valence-electron chi connectivity index (χ2n) is 4.68. The van der Waals surface area contributed by atoms with Crippen molar-refractivity contribution in [2.75, 3.05) is 13.7 Å². The lowest BCUT2D eigenvalue weighted by atomic mass is 10.3. The van der Waals surface area contributed by atoms with Gasteiger partial charge in [0.15, 0.2) is 5.75 Å². The number of hydrogen-bond donors (Lipinski definition) is 0. The molecule has 0 saturated carbocycles. The second kappa shape index (κ2) is 5.88. The minimum atomic E-state index is -0.876. The molecule has 0 bridgehead atoms. The molecule has 1 aromatic carbocycles. The second-order valence-corrected chi connectivity index (χ2v) is 4.68. The Labute approximate surface area is 126 Å². The Morgan fingerprint density at radius 3 is 2.77 bits per heavy atom. The van der Waals surface area contributed by atoms with Crippen LogP contribution in [0.5, 0.6) is 5.75 Å². The third kappa shape index (κ3) is 2.65. The summed E-state index contributed by atoms with van der Waals surface area (Å²) in [5.41, 5.74) is 0.797. The summed E-state index contributed by atoms with van der Waals surface area (Å²) in [6.45, 7) is 0.256. The molecule has 2 heterocycles. The molecule has 0 unspecified atom stereocenters. The first-order valence-electron chi connectivity index (χ1n) is 6.75. The van der Waals surface area contributed by atoms with E-state index in [-0.39, 0.29) is 18.1 Å². The van der Waals surface area contributed by atoms with Gasteiger partial charge < -0.3 is 14.2 Å². The number of aromatic nitrogens is 2. The lowest BCUT2D eigenvalue weighted by molar-refractivity contribution is -0.145. The van der Waals surface area contributed by atoms with Crippen LogP contribution < -0.4 is 4.74 Å². The quantitative estimate of drug-likeness (QED) is 0.793. The van der Waals surface area contributed by atoms with E-state index in [0.717, 1.165) is 5.69 Å². The van der Waals surface area contributed by atoms with Crippen molar-refractivity contribution in [3.05, 3.63) is 42.2 Å². The molecular weight excluding hydrogens is 288 g/mol. The maximum Gasteiger partial charge on any atom is 0.363 e. The minimum absolute atomic E-state index is 0.0195. The van der Waals surface area contributed by atoms with Crippen LogP contribution in [-0.2, 0) is 14.3 Å². The standard InChI is InChI=1S/C15H14N2O5/c1-20-12-9-17(10-5-3-2-4-6-10)16-13(12)15(19)22-11-7-8-21-14(11)18/h2-6,9,11H,7-8H2,1H3/t11-/m1/s1. The van der Waals surface area contributed by atoms with Gasteiger partial charge in [-0.05, 0) is 12.1 Å². The first-order chi connectivity index (χ1) is 10.7. The summed E-state index contributed by atoms with van der Waals surface area (Å²) in [7, 11) is 1.44. The molecule has 22 heavy (non-hydrogen) atoms. The van der Waals surface area contributed by atoms with E-state index in [2.05, 4.69) is 5.10 Å². The summed E-state index contributed by atoms with van der Waals surface area (Å²) >= 11 is 0. The predicted octanol–water partition coefficient (Wildman–Crippen LogP) is 1.35.